The fraction of sp³-hybridized carbons (Fsp3) is 1.00. The highest BCUT2D eigenvalue weighted by molar-refractivity contribution is 14.1. The average Bonchev–Trinajstić information content (AvgIpc) is 1.93. The third-order valence-electron chi connectivity index (χ3n) is 2.05. The van der Waals surface area contributed by atoms with Crippen molar-refractivity contribution in [3.05, 3.63) is 0 Å². The molecule has 0 N–H and O–H groups in total. The van der Waals surface area contributed by atoms with Crippen LogP contribution in [0.25, 0.3) is 0 Å². The van der Waals surface area contributed by atoms with Crippen molar-refractivity contribution in [2.45, 2.75) is 30.0 Å². The van der Waals surface area contributed by atoms with Gasteiger partial charge in [0.2, 0.25) is 0 Å². The Bertz CT molecular complexity index is 111. The first-order valence-electron chi connectivity index (χ1n) is 4.16. The van der Waals surface area contributed by atoms with E-state index >= 15 is 0 Å². The standard InChI is InChI=1S/C8H16INO/c1-7(9)11-8-3-5-10(2)6-4-8/h7-8H,3-6H2,1-2H3. The molecule has 1 aliphatic heterocycles. The highest BCUT2D eigenvalue weighted by Gasteiger charge is 2.17. The third kappa shape index (κ3) is 3.71. The van der Waals surface area contributed by atoms with E-state index in [1.165, 1.54) is 25.9 Å². The summed E-state index contributed by atoms with van der Waals surface area (Å²) in [6.45, 7) is 4.47. The van der Waals surface area contributed by atoms with Crippen molar-refractivity contribution in [1.82, 2.24) is 4.90 Å². The molecule has 1 fully saturated rings. The molecule has 0 aromatic rings. The Morgan fingerprint density at radius 3 is 2.45 bits per heavy atom. The summed E-state index contributed by atoms with van der Waals surface area (Å²) in [5, 5.41) is 0. The second-order valence-corrected chi connectivity index (χ2v) is 4.94. The minimum absolute atomic E-state index is 0.362. The number of alkyl halides is 1. The monoisotopic (exact) mass is 269 g/mol. The largest absolute Gasteiger partial charge is 0.365 e. The lowest BCUT2D eigenvalue weighted by atomic mass is 10.1. The van der Waals surface area contributed by atoms with Gasteiger partial charge in [0.25, 0.3) is 0 Å². The van der Waals surface area contributed by atoms with E-state index in [1.807, 2.05) is 0 Å². The molecule has 1 heterocycles. The quantitative estimate of drug-likeness (QED) is 0.560. The summed E-state index contributed by atoms with van der Waals surface area (Å²) in [6.07, 6.45) is 2.91. The molecule has 1 unspecified atom stereocenters. The van der Waals surface area contributed by atoms with Gasteiger partial charge in [0.15, 0.2) is 0 Å². The number of halogens is 1. The predicted octanol–water partition coefficient (Wildman–Crippen LogP) is 1.88. The minimum Gasteiger partial charge on any atom is -0.365 e. The van der Waals surface area contributed by atoms with E-state index in [2.05, 4.69) is 41.5 Å². The number of likely N-dealkylation sites (tertiary alicyclic amines) is 1. The van der Waals surface area contributed by atoms with E-state index in [0.717, 1.165) is 0 Å². The number of piperidine rings is 1. The lowest BCUT2D eigenvalue weighted by Crippen LogP contribution is -2.34. The molecule has 3 heteroatoms. The Labute approximate surface area is 82.4 Å². The average molecular weight is 269 g/mol. The number of rotatable bonds is 2. The zero-order valence-electron chi connectivity index (χ0n) is 7.22. The van der Waals surface area contributed by atoms with E-state index in [4.69, 9.17) is 4.74 Å². The third-order valence-corrected chi connectivity index (χ3v) is 2.34. The Kier molecular flexibility index (Phi) is 4.09. The van der Waals surface area contributed by atoms with Crippen molar-refractivity contribution >= 4 is 22.6 Å². The van der Waals surface area contributed by atoms with Gasteiger partial charge in [0.1, 0.15) is 4.11 Å². The summed E-state index contributed by atoms with van der Waals surface area (Å²) in [4.78, 5) is 2.36. The van der Waals surface area contributed by atoms with Crippen molar-refractivity contribution in [2.75, 3.05) is 20.1 Å². The van der Waals surface area contributed by atoms with Crippen molar-refractivity contribution in [1.29, 1.82) is 0 Å². The van der Waals surface area contributed by atoms with Gasteiger partial charge in [-0.3, -0.25) is 0 Å². The molecule has 0 radical (unpaired) electrons. The van der Waals surface area contributed by atoms with Crippen LogP contribution in [0, 0.1) is 0 Å². The van der Waals surface area contributed by atoms with Crippen LogP contribution >= 0.6 is 22.6 Å². The second kappa shape index (κ2) is 4.62. The molecule has 11 heavy (non-hydrogen) atoms. The smallest absolute Gasteiger partial charge is 0.106 e. The minimum atomic E-state index is 0.362. The summed E-state index contributed by atoms with van der Waals surface area (Å²) < 4.78 is 6.06. The fourth-order valence-corrected chi connectivity index (χ4v) is 1.80. The molecule has 2 nitrogen and oxygen atoms in total. The van der Waals surface area contributed by atoms with Crippen molar-refractivity contribution < 1.29 is 4.74 Å². The summed E-state index contributed by atoms with van der Waals surface area (Å²) in [5.74, 6) is 0. The zero-order chi connectivity index (χ0) is 8.27. The van der Waals surface area contributed by atoms with Gasteiger partial charge in [-0.1, -0.05) is 22.6 Å². The highest BCUT2D eigenvalue weighted by Crippen LogP contribution is 2.15. The van der Waals surface area contributed by atoms with E-state index in [0.29, 0.717) is 10.2 Å². The summed E-state index contributed by atoms with van der Waals surface area (Å²) in [6, 6.07) is 0. The normalized spacial score (nSPS) is 25.4. The SMILES string of the molecule is CC(I)OC1CCN(C)CC1. The topological polar surface area (TPSA) is 12.5 Å². The molecular formula is C8H16INO. The molecule has 1 atom stereocenters. The van der Waals surface area contributed by atoms with Gasteiger partial charge in [0, 0.05) is 13.1 Å². The molecule has 0 spiro atoms. The lowest BCUT2D eigenvalue weighted by molar-refractivity contribution is 0.0115. The molecule has 0 aromatic carbocycles. The number of hydrogen-bond acceptors (Lipinski definition) is 2. The van der Waals surface area contributed by atoms with E-state index in [-0.39, 0.29) is 0 Å². The second-order valence-electron chi connectivity index (χ2n) is 3.18. The first kappa shape index (κ1) is 9.74. The number of hydrogen-bond donors (Lipinski definition) is 0. The molecule has 0 amide bonds. The van der Waals surface area contributed by atoms with Gasteiger partial charge in [-0.15, -0.1) is 0 Å². The van der Waals surface area contributed by atoms with Gasteiger partial charge in [0.05, 0.1) is 6.10 Å². The zero-order valence-corrected chi connectivity index (χ0v) is 9.37. The van der Waals surface area contributed by atoms with Crippen molar-refractivity contribution in [2.24, 2.45) is 0 Å². The Hall–Kier alpha value is 0.650. The van der Waals surface area contributed by atoms with Crippen LogP contribution in [0.15, 0.2) is 0 Å². The van der Waals surface area contributed by atoms with Crippen LogP contribution in [0.5, 0.6) is 0 Å². The number of nitrogens with zero attached hydrogens (tertiary/aromatic N) is 1. The van der Waals surface area contributed by atoms with Gasteiger partial charge in [-0.2, -0.15) is 0 Å². The van der Waals surface area contributed by atoms with E-state index in [9.17, 15) is 0 Å². The van der Waals surface area contributed by atoms with Crippen LogP contribution in [0.1, 0.15) is 19.8 Å². The first-order chi connectivity index (χ1) is 5.18. The van der Waals surface area contributed by atoms with Crippen molar-refractivity contribution in [3.8, 4) is 0 Å². The molecule has 0 aromatic heterocycles. The molecular weight excluding hydrogens is 253 g/mol. The van der Waals surface area contributed by atoms with Gasteiger partial charge in [-0.25, -0.2) is 0 Å². The highest BCUT2D eigenvalue weighted by atomic mass is 127. The maximum Gasteiger partial charge on any atom is 0.106 e. The molecule has 1 aliphatic rings. The first-order valence-corrected chi connectivity index (χ1v) is 5.41. The van der Waals surface area contributed by atoms with Crippen LogP contribution in [-0.4, -0.2) is 35.3 Å². The summed E-state index contributed by atoms with van der Waals surface area (Å²) >= 11 is 2.31. The van der Waals surface area contributed by atoms with Crippen LogP contribution in [-0.2, 0) is 4.74 Å². The number of ether oxygens (including phenoxy) is 1. The molecule has 0 saturated carbocycles. The maximum absolute atomic E-state index is 5.70. The van der Waals surface area contributed by atoms with E-state index < -0.39 is 0 Å². The Balaban J connectivity index is 2.17. The maximum atomic E-state index is 5.70. The molecule has 0 aliphatic carbocycles. The predicted molar refractivity (Wildman–Crippen MR) is 55.1 cm³/mol. The van der Waals surface area contributed by atoms with Crippen LogP contribution in [0.2, 0.25) is 0 Å². The van der Waals surface area contributed by atoms with Gasteiger partial charge in [-0.05, 0) is 26.8 Å². The molecule has 1 saturated heterocycles. The fourth-order valence-electron chi connectivity index (χ4n) is 1.39. The Morgan fingerprint density at radius 1 is 1.45 bits per heavy atom. The van der Waals surface area contributed by atoms with E-state index in [1.54, 1.807) is 0 Å². The Morgan fingerprint density at radius 2 is 2.00 bits per heavy atom. The van der Waals surface area contributed by atoms with Crippen molar-refractivity contribution in [3.63, 3.8) is 0 Å². The van der Waals surface area contributed by atoms with Crippen LogP contribution < -0.4 is 0 Å². The molecule has 66 valence electrons. The van der Waals surface area contributed by atoms with Crippen LogP contribution in [0.4, 0.5) is 0 Å². The van der Waals surface area contributed by atoms with Gasteiger partial charge < -0.3 is 9.64 Å². The van der Waals surface area contributed by atoms with Crippen LogP contribution in [0.3, 0.4) is 0 Å². The molecule has 0 bridgehead atoms. The lowest BCUT2D eigenvalue weighted by Gasteiger charge is -2.29. The summed E-state index contributed by atoms with van der Waals surface area (Å²) in [7, 11) is 2.17. The molecule has 1 rings (SSSR count). The summed E-state index contributed by atoms with van der Waals surface area (Å²) in [5.41, 5.74) is 0. The van der Waals surface area contributed by atoms with Gasteiger partial charge >= 0.3 is 0 Å².